The average molecular weight is 444 g/mol. The lowest BCUT2D eigenvalue weighted by Crippen LogP contribution is -2.46. The van der Waals surface area contributed by atoms with Crippen LogP contribution in [0.4, 0.5) is 10.1 Å². The van der Waals surface area contributed by atoms with Gasteiger partial charge in [-0.05, 0) is 36.8 Å². The highest BCUT2D eigenvalue weighted by Gasteiger charge is 2.60. The second kappa shape index (κ2) is 9.19. The number of carbonyl (C=O) groups excluding carboxylic acids is 2. The van der Waals surface area contributed by atoms with Gasteiger partial charge in [0.1, 0.15) is 19.0 Å². The van der Waals surface area contributed by atoms with Crippen LogP contribution >= 0.6 is 0 Å². The number of benzene rings is 1. The van der Waals surface area contributed by atoms with Gasteiger partial charge in [-0.1, -0.05) is 18.2 Å². The number of alkyl halides is 1. The van der Waals surface area contributed by atoms with Crippen LogP contribution in [0.5, 0.6) is 5.75 Å². The largest absolute Gasteiger partial charge is 0.491 e. The van der Waals surface area contributed by atoms with Gasteiger partial charge in [0.2, 0.25) is 0 Å². The number of fused-ring (bicyclic) bond motifs is 5. The summed E-state index contributed by atoms with van der Waals surface area (Å²) >= 11 is 0. The van der Waals surface area contributed by atoms with E-state index in [1.54, 1.807) is 0 Å². The maximum Gasteiger partial charge on any atom is 0.258 e. The summed E-state index contributed by atoms with van der Waals surface area (Å²) in [4.78, 5) is 35.6. The number of hydrogen-bond acceptors (Lipinski definition) is 6. The standard InChI is InChI=1S/C24H30FN3O4/c25-7-14-31-20-4-1-3-19(16-20)27-11-9-26(10-12-27)8-2-13-32-28-23(29)21-17-5-6-18(15-17)22(21)24(28)30/h1,3-6,16-18,21-22H,2,7-15H2/t17-,18+,21?,22?. The van der Waals surface area contributed by atoms with E-state index in [1.807, 2.05) is 24.3 Å². The van der Waals surface area contributed by atoms with Crippen molar-refractivity contribution in [2.75, 3.05) is 57.5 Å². The molecule has 2 aliphatic carbocycles. The van der Waals surface area contributed by atoms with Crippen LogP contribution in [0.25, 0.3) is 0 Å². The summed E-state index contributed by atoms with van der Waals surface area (Å²) in [6.45, 7) is 4.47. The number of allylic oxidation sites excluding steroid dienone is 2. The van der Waals surface area contributed by atoms with Crippen molar-refractivity contribution in [2.24, 2.45) is 23.7 Å². The first kappa shape index (κ1) is 21.4. The quantitative estimate of drug-likeness (QED) is 0.332. The van der Waals surface area contributed by atoms with Crippen molar-refractivity contribution >= 4 is 17.5 Å². The molecular weight excluding hydrogens is 413 g/mol. The molecule has 0 aromatic heterocycles. The Balaban J connectivity index is 1.03. The van der Waals surface area contributed by atoms with E-state index in [0.29, 0.717) is 12.4 Å². The zero-order chi connectivity index (χ0) is 22.1. The Morgan fingerprint density at radius 1 is 0.969 bits per heavy atom. The highest BCUT2D eigenvalue weighted by atomic mass is 19.1. The van der Waals surface area contributed by atoms with Crippen molar-refractivity contribution in [1.29, 1.82) is 0 Å². The average Bonchev–Trinajstić information content (AvgIpc) is 3.50. The van der Waals surface area contributed by atoms with Gasteiger partial charge in [-0.25, -0.2) is 4.39 Å². The topological polar surface area (TPSA) is 62.3 Å². The normalized spacial score (nSPS) is 29.3. The molecule has 1 aromatic rings. The SMILES string of the molecule is O=C1C2C(C(=O)N1OCCCN1CCN(c3cccc(OCCF)c3)CC1)[C@H]1C=C[C@@H]2C1. The van der Waals surface area contributed by atoms with E-state index >= 15 is 0 Å². The van der Waals surface area contributed by atoms with E-state index in [1.165, 1.54) is 0 Å². The fraction of sp³-hybridized carbons (Fsp3) is 0.583. The van der Waals surface area contributed by atoms with Gasteiger partial charge in [0.05, 0.1) is 18.4 Å². The van der Waals surface area contributed by atoms with Crippen LogP contribution in [0.3, 0.4) is 0 Å². The fourth-order valence-electron chi connectivity index (χ4n) is 5.60. The van der Waals surface area contributed by atoms with Crippen LogP contribution < -0.4 is 9.64 Å². The minimum atomic E-state index is -0.494. The summed E-state index contributed by atoms with van der Waals surface area (Å²) in [6.07, 6.45) is 5.88. The zero-order valence-corrected chi connectivity index (χ0v) is 18.2. The van der Waals surface area contributed by atoms with Crippen LogP contribution in [-0.2, 0) is 14.4 Å². The molecule has 0 N–H and O–H groups in total. The van der Waals surface area contributed by atoms with Gasteiger partial charge in [-0.15, -0.1) is 0 Å². The van der Waals surface area contributed by atoms with Crippen molar-refractivity contribution in [1.82, 2.24) is 9.96 Å². The summed E-state index contributed by atoms with van der Waals surface area (Å²) in [5.74, 6) is 0.410. The van der Waals surface area contributed by atoms with E-state index in [-0.39, 0.29) is 42.1 Å². The van der Waals surface area contributed by atoms with Crippen molar-refractivity contribution in [3.05, 3.63) is 36.4 Å². The Labute approximate surface area is 187 Å². The Hall–Kier alpha value is -2.45. The first-order valence-corrected chi connectivity index (χ1v) is 11.6. The molecule has 2 amide bonds. The lowest BCUT2D eigenvalue weighted by Gasteiger charge is -2.36. The fourth-order valence-corrected chi connectivity index (χ4v) is 5.60. The minimum absolute atomic E-state index is 0.0767. The lowest BCUT2D eigenvalue weighted by molar-refractivity contribution is -0.190. The van der Waals surface area contributed by atoms with Crippen molar-refractivity contribution < 1.29 is 23.6 Å². The molecule has 2 unspecified atom stereocenters. The van der Waals surface area contributed by atoms with E-state index in [0.717, 1.165) is 56.3 Å². The molecule has 3 fully saturated rings. The van der Waals surface area contributed by atoms with Crippen molar-refractivity contribution in [3.63, 3.8) is 0 Å². The molecule has 2 bridgehead atoms. The van der Waals surface area contributed by atoms with Crippen LogP contribution in [-0.4, -0.2) is 74.4 Å². The molecule has 4 aliphatic rings. The maximum atomic E-state index is 12.6. The Morgan fingerprint density at radius 2 is 1.69 bits per heavy atom. The van der Waals surface area contributed by atoms with Gasteiger partial charge in [0, 0.05) is 44.5 Å². The number of carbonyl (C=O) groups is 2. The van der Waals surface area contributed by atoms with Crippen LogP contribution in [0.2, 0.25) is 0 Å². The Morgan fingerprint density at radius 3 is 2.38 bits per heavy atom. The summed E-state index contributed by atoms with van der Waals surface area (Å²) in [6, 6.07) is 7.79. The lowest BCUT2D eigenvalue weighted by atomic mass is 9.85. The summed E-state index contributed by atoms with van der Waals surface area (Å²) in [5.41, 5.74) is 1.09. The van der Waals surface area contributed by atoms with Gasteiger partial charge in [0.25, 0.3) is 11.8 Å². The van der Waals surface area contributed by atoms with E-state index in [2.05, 4.69) is 22.0 Å². The predicted octanol–water partition coefficient (Wildman–Crippen LogP) is 2.29. The third-order valence-corrected chi connectivity index (χ3v) is 7.17. The van der Waals surface area contributed by atoms with Crippen molar-refractivity contribution in [3.8, 4) is 5.75 Å². The molecule has 2 heterocycles. The Kier molecular flexibility index (Phi) is 6.15. The van der Waals surface area contributed by atoms with Crippen LogP contribution in [0.1, 0.15) is 12.8 Å². The third-order valence-electron chi connectivity index (χ3n) is 7.17. The Bertz CT molecular complexity index is 856. The van der Waals surface area contributed by atoms with Gasteiger partial charge in [-0.3, -0.25) is 19.3 Å². The molecule has 32 heavy (non-hydrogen) atoms. The molecule has 2 aliphatic heterocycles. The highest BCUT2D eigenvalue weighted by molar-refractivity contribution is 6.05. The summed E-state index contributed by atoms with van der Waals surface area (Å²) < 4.78 is 17.7. The zero-order valence-electron chi connectivity index (χ0n) is 18.2. The number of amides is 2. The van der Waals surface area contributed by atoms with Gasteiger partial charge in [0.15, 0.2) is 0 Å². The predicted molar refractivity (Wildman–Crippen MR) is 117 cm³/mol. The molecule has 0 spiro atoms. The van der Waals surface area contributed by atoms with E-state index < -0.39 is 6.67 Å². The molecule has 5 rings (SSSR count). The summed E-state index contributed by atoms with van der Waals surface area (Å²) in [5, 5.41) is 1.05. The number of imide groups is 1. The number of rotatable bonds is 9. The number of hydrogen-bond donors (Lipinski definition) is 0. The van der Waals surface area contributed by atoms with E-state index in [9.17, 15) is 14.0 Å². The van der Waals surface area contributed by atoms with Gasteiger partial charge in [-0.2, -0.15) is 5.06 Å². The van der Waals surface area contributed by atoms with Gasteiger partial charge >= 0.3 is 0 Å². The molecule has 172 valence electrons. The molecule has 2 saturated heterocycles. The highest BCUT2D eigenvalue weighted by Crippen LogP contribution is 2.52. The first-order valence-electron chi connectivity index (χ1n) is 11.6. The van der Waals surface area contributed by atoms with Gasteiger partial charge < -0.3 is 9.64 Å². The number of nitrogens with zero attached hydrogens (tertiary/aromatic N) is 3. The van der Waals surface area contributed by atoms with Crippen LogP contribution in [0.15, 0.2) is 36.4 Å². The molecule has 7 nitrogen and oxygen atoms in total. The molecule has 0 radical (unpaired) electrons. The minimum Gasteiger partial charge on any atom is -0.491 e. The first-order chi connectivity index (χ1) is 15.7. The molecule has 1 aromatic carbocycles. The number of halogens is 1. The van der Waals surface area contributed by atoms with Crippen molar-refractivity contribution in [2.45, 2.75) is 12.8 Å². The smallest absolute Gasteiger partial charge is 0.258 e. The molecular formula is C24H30FN3O4. The third kappa shape index (κ3) is 4.01. The number of ether oxygens (including phenoxy) is 1. The second-order valence-electron chi connectivity index (χ2n) is 9.02. The number of hydroxylamine groups is 2. The van der Waals surface area contributed by atoms with Crippen LogP contribution in [0, 0.1) is 23.7 Å². The monoisotopic (exact) mass is 443 g/mol. The molecule has 1 saturated carbocycles. The summed E-state index contributed by atoms with van der Waals surface area (Å²) in [7, 11) is 0. The number of piperazine rings is 1. The second-order valence-corrected chi connectivity index (χ2v) is 9.02. The van der Waals surface area contributed by atoms with E-state index in [4.69, 9.17) is 9.57 Å². The molecule has 4 atom stereocenters. The maximum absolute atomic E-state index is 12.6. The number of anilines is 1. The molecule has 8 heteroatoms.